The predicted octanol–water partition coefficient (Wildman–Crippen LogP) is 6.51. The monoisotopic (exact) mass is 1310 g/mol. The summed E-state index contributed by atoms with van der Waals surface area (Å²) in [6.07, 6.45) is -1.82. The number of hydrogen-bond donors (Lipinski definition) is 0. The van der Waals surface area contributed by atoms with Crippen molar-refractivity contribution in [1.82, 2.24) is 0 Å². The van der Waals surface area contributed by atoms with Crippen molar-refractivity contribution in [3.05, 3.63) is 140 Å². The first-order chi connectivity index (χ1) is 46.7. The van der Waals surface area contributed by atoms with Gasteiger partial charge in [0.1, 0.15) is 26.4 Å². The summed E-state index contributed by atoms with van der Waals surface area (Å²) in [7, 11) is 6.34. The second kappa shape index (κ2) is 46.8. The largest absolute Gasteiger partial charge is 0.459 e. The highest BCUT2D eigenvalue weighted by Crippen LogP contribution is 2.16. The van der Waals surface area contributed by atoms with E-state index in [1.807, 2.05) is 0 Å². The van der Waals surface area contributed by atoms with Crippen molar-refractivity contribution in [1.29, 1.82) is 0 Å². The number of esters is 4. The van der Waals surface area contributed by atoms with Gasteiger partial charge in [-0.05, 0) is 148 Å². The smallest absolute Gasteiger partial charge is 0.338 e. The van der Waals surface area contributed by atoms with Gasteiger partial charge in [0.15, 0.2) is 0 Å². The maximum Gasteiger partial charge on any atom is 0.338 e. The molecule has 20 nitrogen and oxygen atoms in total. The highest BCUT2D eigenvalue weighted by molar-refractivity contribution is 5.92. The summed E-state index contributed by atoms with van der Waals surface area (Å²) in [4.78, 5) is 54.6. The molecule has 96 heavy (non-hydrogen) atoms. The average molecular weight is 1310 g/mol. The Hall–Kier alpha value is -9.24. The van der Waals surface area contributed by atoms with E-state index >= 15 is 0 Å². The van der Waals surface area contributed by atoms with Crippen molar-refractivity contribution in [2.75, 3.05) is 161 Å². The van der Waals surface area contributed by atoms with Crippen LogP contribution in [-0.2, 0) is 75.8 Å². The first kappa shape index (κ1) is 77.5. The molecular formula is C76H80O20. The lowest BCUT2D eigenvalue weighted by molar-refractivity contribution is -0.0270. The SMILES string of the molecule is COCCOCCO[C@@H](C)COC(=O)c1cc2cc(c1)C#CC#Cc1cc(cc(C(=O)OC[C@H](C)OCCOCCOC)c1)C#CC#Cc1cc(cc(C(=O)OC[C@H](C)OCCOCCOC)c1)C#CC#Cc1cc(cc(C(=O)OC[C@H](C)OCCOCCOC)c1)C#CC#C2. The molecule has 0 fully saturated rings. The number of ether oxygens (including phenoxy) is 16. The van der Waals surface area contributed by atoms with Gasteiger partial charge in [-0.2, -0.15) is 0 Å². The van der Waals surface area contributed by atoms with Crippen LogP contribution in [-0.4, -0.2) is 209 Å². The maximum atomic E-state index is 13.7. The molecule has 0 amide bonds. The van der Waals surface area contributed by atoms with E-state index in [1.165, 1.54) is 0 Å². The number of methoxy groups -OCH3 is 4. The average Bonchev–Trinajstić information content (AvgIpc) is 1.52. The summed E-state index contributed by atoms with van der Waals surface area (Å²) in [5.41, 5.74) is 3.45. The number of carbonyl (C=O) groups is 4. The molecule has 4 atom stereocenters. The van der Waals surface area contributed by atoms with Crippen molar-refractivity contribution >= 4 is 23.9 Å². The number of benzene rings is 4. The van der Waals surface area contributed by atoms with Gasteiger partial charge in [0.2, 0.25) is 0 Å². The molecule has 1 aliphatic carbocycles. The summed E-state index contributed by atoms with van der Waals surface area (Å²) in [6.45, 7) is 12.7. The normalized spacial score (nSPS) is 12.2. The molecule has 5 rings (SSSR count). The van der Waals surface area contributed by atoms with Crippen LogP contribution in [0.25, 0.3) is 0 Å². The van der Waals surface area contributed by atoms with Crippen LogP contribution in [0.5, 0.6) is 0 Å². The molecule has 4 aromatic rings. The molecule has 0 saturated heterocycles. The van der Waals surface area contributed by atoms with E-state index in [0.717, 1.165) is 0 Å². The van der Waals surface area contributed by atoms with Crippen LogP contribution in [0.4, 0.5) is 0 Å². The molecular weight excluding hydrogens is 1230 g/mol. The van der Waals surface area contributed by atoms with Crippen molar-refractivity contribution in [3.8, 4) is 94.7 Å². The van der Waals surface area contributed by atoms with Gasteiger partial charge in [0.05, 0.1) is 152 Å². The van der Waals surface area contributed by atoms with Gasteiger partial charge in [-0.15, -0.1) is 0 Å². The number of carbonyl (C=O) groups excluding carboxylic acids is 4. The van der Waals surface area contributed by atoms with E-state index in [0.29, 0.717) is 124 Å². The Morgan fingerprint density at radius 1 is 0.260 bits per heavy atom. The first-order valence-corrected chi connectivity index (χ1v) is 30.9. The fourth-order valence-corrected chi connectivity index (χ4v) is 7.89. The van der Waals surface area contributed by atoms with Gasteiger partial charge < -0.3 is 75.8 Å². The van der Waals surface area contributed by atoms with Crippen LogP contribution in [0.15, 0.2) is 72.8 Å². The second-order valence-electron chi connectivity index (χ2n) is 20.7. The Morgan fingerprint density at radius 3 is 0.594 bits per heavy atom. The maximum absolute atomic E-state index is 13.7. The standard InChI is InChI=1S/C76H80O20/c1-57(89-37-33-85-29-25-81-5)53-93-73(77)69-45-61-17-9-11-19-63-42-65(49-70(47-63)74(78)94-54-58(2)90-38-34-86-30-26-82-6)21-13-15-23-67-44-68(52-72(51-67)76(80)96-56-60(4)92-40-36-88-32-28-84-8)24-16-14-22-66-43-64(20-12-10-18-62(41-61)46-69)48-71(50-66)75(79)95-55-59(3)91-39-35-87-31-27-83-7/h41-52,57-60H,25-40,53-56H2,1-8H3/t57-,58-,59-,60-/m0/s1. The van der Waals surface area contributed by atoms with Crippen molar-refractivity contribution in [2.24, 2.45) is 0 Å². The molecule has 504 valence electrons. The minimum Gasteiger partial charge on any atom is -0.459 e. The zero-order valence-electron chi connectivity index (χ0n) is 55.5. The number of fused-ring (bicyclic) bond motifs is 8. The minimum absolute atomic E-state index is 0.0603. The van der Waals surface area contributed by atoms with Gasteiger partial charge in [0, 0.05) is 72.9 Å². The van der Waals surface area contributed by atoms with Crippen LogP contribution < -0.4 is 0 Å². The Labute approximate surface area is 563 Å². The molecule has 0 radical (unpaired) electrons. The van der Waals surface area contributed by atoms with E-state index in [-0.39, 0.29) is 75.1 Å². The predicted molar refractivity (Wildman–Crippen MR) is 354 cm³/mol. The lowest BCUT2D eigenvalue weighted by Crippen LogP contribution is -2.21. The molecule has 0 aromatic heterocycles. The highest BCUT2D eigenvalue weighted by atomic mass is 16.6. The Morgan fingerprint density at radius 2 is 0.427 bits per heavy atom. The molecule has 0 saturated carbocycles. The number of hydrogen-bond acceptors (Lipinski definition) is 20. The van der Waals surface area contributed by atoms with E-state index in [4.69, 9.17) is 75.8 Å². The quantitative estimate of drug-likeness (QED) is 0.0201. The van der Waals surface area contributed by atoms with E-state index in [9.17, 15) is 19.2 Å². The van der Waals surface area contributed by atoms with Crippen LogP contribution in [0.3, 0.4) is 0 Å². The van der Waals surface area contributed by atoms with Gasteiger partial charge >= 0.3 is 23.9 Å². The second-order valence-corrected chi connectivity index (χ2v) is 20.7. The zero-order valence-corrected chi connectivity index (χ0v) is 55.5. The minimum atomic E-state index is -0.663. The summed E-state index contributed by atoms with van der Waals surface area (Å²) in [5.74, 6) is 44.0. The molecule has 0 aliphatic heterocycles. The van der Waals surface area contributed by atoms with Gasteiger partial charge in [-0.3, -0.25) is 0 Å². The topological polar surface area (TPSA) is 216 Å². The molecule has 1 aliphatic rings. The molecule has 0 heterocycles. The fraction of sp³-hybridized carbons (Fsp3) is 0.421. The lowest BCUT2D eigenvalue weighted by Gasteiger charge is -2.14. The summed E-state index contributed by atoms with van der Waals surface area (Å²) in [6, 6.07) is 19.0. The lowest BCUT2D eigenvalue weighted by atomic mass is 10.0. The third-order valence-corrected chi connectivity index (χ3v) is 12.6. The summed E-state index contributed by atoms with van der Waals surface area (Å²) in [5, 5.41) is 0. The van der Waals surface area contributed by atoms with Crippen molar-refractivity contribution in [2.45, 2.75) is 52.1 Å². The van der Waals surface area contributed by atoms with E-state index in [1.54, 1.807) is 129 Å². The van der Waals surface area contributed by atoms with Crippen LogP contribution in [0.2, 0.25) is 0 Å². The van der Waals surface area contributed by atoms with Gasteiger partial charge in [0.25, 0.3) is 0 Å². The Bertz CT molecular complexity index is 3080. The number of rotatable bonds is 40. The van der Waals surface area contributed by atoms with Gasteiger partial charge in [-0.1, -0.05) is 47.4 Å². The summed E-state index contributed by atoms with van der Waals surface area (Å²) < 4.78 is 87.6. The molecule has 0 spiro atoms. The third-order valence-electron chi connectivity index (χ3n) is 12.6. The molecule has 0 N–H and O–H groups in total. The van der Waals surface area contributed by atoms with Crippen molar-refractivity contribution in [3.63, 3.8) is 0 Å². The van der Waals surface area contributed by atoms with Crippen molar-refractivity contribution < 1.29 is 95.0 Å². The van der Waals surface area contributed by atoms with E-state index < -0.39 is 48.3 Å². The third kappa shape index (κ3) is 32.7. The van der Waals surface area contributed by atoms with Crippen LogP contribution in [0, 0.1) is 94.7 Å². The summed E-state index contributed by atoms with van der Waals surface area (Å²) >= 11 is 0. The van der Waals surface area contributed by atoms with Crippen LogP contribution >= 0.6 is 0 Å². The van der Waals surface area contributed by atoms with Gasteiger partial charge in [-0.25, -0.2) is 19.2 Å². The molecule has 20 heteroatoms. The highest BCUT2D eigenvalue weighted by Gasteiger charge is 2.17. The van der Waals surface area contributed by atoms with Crippen LogP contribution in [0.1, 0.15) is 114 Å². The Kier molecular flexibility index (Phi) is 37.7. The Balaban J connectivity index is 1.57. The van der Waals surface area contributed by atoms with E-state index in [2.05, 4.69) is 94.7 Å². The fourth-order valence-electron chi connectivity index (χ4n) is 7.89. The first-order valence-electron chi connectivity index (χ1n) is 30.9. The zero-order chi connectivity index (χ0) is 68.8. The molecule has 8 bridgehead atoms. The molecule has 4 aromatic carbocycles. The molecule has 0 unspecified atom stereocenters.